The highest BCUT2D eigenvalue weighted by atomic mass is 19.1. The number of benzene rings is 1. The number of fused-ring (bicyclic) bond motifs is 1. The number of nitrogens with zero attached hydrogens (tertiary/aromatic N) is 2. The molecule has 3 N–H and O–H groups in total. The van der Waals surface area contributed by atoms with Crippen LogP contribution in [0.1, 0.15) is 23.2 Å². The fourth-order valence-corrected chi connectivity index (χ4v) is 3.72. The van der Waals surface area contributed by atoms with E-state index in [2.05, 4.69) is 0 Å². The minimum absolute atomic E-state index is 0.0259. The maximum atomic E-state index is 13.9. The van der Waals surface area contributed by atoms with Crippen molar-refractivity contribution in [3.63, 3.8) is 0 Å². The summed E-state index contributed by atoms with van der Waals surface area (Å²) in [6.45, 7) is 1.18. The lowest BCUT2D eigenvalue weighted by Crippen LogP contribution is -2.37. The Morgan fingerprint density at radius 3 is 2.72 bits per heavy atom. The molecular formula is C17H18FN3O4. The second-order valence-corrected chi connectivity index (χ2v) is 6.84. The van der Waals surface area contributed by atoms with Gasteiger partial charge in [0.2, 0.25) is 5.43 Å². The highest BCUT2D eigenvalue weighted by Gasteiger charge is 2.54. The summed E-state index contributed by atoms with van der Waals surface area (Å²) in [7, 11) is 1.38. The number of methoxy groups -OCH3 is 1. The highest BCUT2D eigenvalue weighted by Crippen LogP contribution is 2.51. The van der Waals surface area contributed by atoms with Crippen LogP contribution in [0.15, 0.2) is 23.1 Å². The van der Waals surface area contributed by atoms with Crippen molar-refractivity contribution >= 4 is 16.9 Å². The van der Waals surface area contributed by atoms with Gasteiger partial charge in [0.05, 0.1) is 19.0 Å². The second-order valence-electron chi connectivity index (χ2n) is 6.84. The van der Waals surface area contributed by atoms with Gasteiger partial charge < -0.3 is 20.6 Å². The van der Waals surface area contributed by atoms with Gasteiger partial charge in [0.1, 0.15) is 22.6 Å². The topological polar surface area (TPSA) is 97.8 Å². The fraction of sp³-hybridized carbons (Fsp3) is 0.412. The molecular weight excluding hydrogens is 329 g/mol. The number of aromatic nitrogens is 1. The first-order valence-corrected chi connectivity index (χ1v) is 8.03. The van der Waals surface area contributed by atoms with Gasteiger partial charge in [0, 0.05) is 30.3 Å². The molecule has 1 saturated heterocycles. The third-order valence-electron chi connectivity index (χ3n) is 5.35. The molecule has 2 aliphatic rings. The number of rotatable bonds is 3. The van der Waals surface area contributed by atoms with E-state index < -0.39 is 22.8 Å². The zero-order valence-electron chi connectivity index (χ0n) is 13.7. The third-order valence-corrected chi connectivity index (χ3v) is 5.35. The Kier molecular flexibility index (Phi) is 3.30. The Bertz CT molecular complexity index is 951. The van der Waals surface area contributed by atoms with Crippen LogP contribution in [0.5, 0.6) is 5.75 Å². The average Bonchev–Trinajstić information content (AvgIpc) is 3.27. The lowest BCUT2D eigenvalue weighted by Gasteiger charge is -2.25. The number of carbonyl (C=O) groups is 1. The van der Waals surface area contributed by atoms with E-state index in [1.54, 1.807) is 4.68 Å². The first kappa shape index (κ1) is 15.9. The summed E-state index contributed by atoms with van der Waals surface area (Å²) < 4.78 is 20.7. The zero-order chi connectivity index (χ0) is 17.9. The molecule has 8 heteroatoms. The molecule has 0 bridgehead atoms. The van der Waals surface area contributed by atoms with Gasteiger partial charge in [-0.3, -0.25) is 9.47 Å². The number of hydrogen-bond acceptors (Lipinski definition) is 5. The van der Waals surface area contributed by atoms with E-state index in [1.165, 1.54) is 19.4 Å². The standard InChI is InChI=1S/C17H18FN3O4/c1-25-12-5-9(18)4-10-14(12)21(6-11(15(10)22)16(23)24)20-7-13(19)17(8-20)2-3-17/h4-6,13H,2-3,7-8,19H2,1H3,(H,23,24). The minimum atomic E-state index is -1.35. The van der Waals surface area contributed by atoms with Crippen LogP contribution in [0.4, 0.5) is 4.39 Å². The summed E-state index contributed by atoms with van der Waals surface area (Å²) in [6.07, 6.45) is 3.34. The van der Waals surface area contributed by atoms with Crippen LogP contribution in [0.25, 0.3) is 10.9 Å². The predicted molar refractivity (Wildman–Crippen MR) is 89.3 cm³/mol. The summed E-state index contributed by atoms with van der Waals surface area (Å²) in [6, 6.07) is 2.20. The molecule has 1 atom stereocenters. The Balaban J connectivity index is 2.00. The van der Waals surface area contributed by atoms with Crippen molar-refractivity contribution in [2.24, 2.45) is 11.1 Å². The minimum Gasteiger partial charge on any atom is -0.494 e. The molecule has 0 amide bonds. The first-order chi connectivity index (χ1) is 11.9. The lowest BCUT2D eigenvalue weighted by molar-refractivity contribution is 0.0695. The molecule has 1 aliphatic heterocycles. The number of ether oxygens (including phenoxy) is 1. The van der Waals surface area contributed by atoms with Crippen molar-refractivity contribution in [3.8, 4) is 5.75 Å². The van der Waals surface area contributed by atoms with Crippen molar-refractivity contribution in [1.29, 1.82) is 0 Å². The monoisotopic (exact) mass is 347 g/mol. The van der Waals surface area contributed by atoms with Gasteiger partial charge in [-0.15, -0.1) is 0 Å². The molecule has 7 nitrogen and oxygen atoms in total. The zero-order valence-corrected chi connectivity index (χ0v) is 13.7. The van der Waals surface area contributed by atoms with Gasteiger partial charge in [-0.25, -0.2) is 9.18 Å². The Labute approximate surface area is 142 Å². The second kappa shape index (κ2) is 5.19. The molecule has 2 aromatic rings. The maximum absolute atomic E-state index is 13.9. The number of pyridine rings is 1. The maximum Gasteiger partial charge on any atom is 0.341 e. The van der Waals surface area contributed by atoms with E-state index in [4.69, 9.17) is 10.5 Å². The number of halogens is 1. The van der Waals surface area contributed by atoms with Gasteiger partial charge in [0.25, 0.3) is 0 Å². The van der Waals surface area contributed by atoms with E-state index >= 15 is 0 Å². The highest BCUT2D eigenvalue weighted by molar-refractivity contribution is 5.94. The normalized spacial score (nSPS) is 21.1. The largest absolute Gasteiger partial charge is 0.494 e. The summed E-state index contributed by atoms with van der Waals surface area (Å²) in [5, 5.41) is 11.3. The average molecular weight is 347 g/mol. The molecule has 1 aliphatic carbocycles. The van der Waals surface area contributed by atoms with E-state index in [-0.39, 0.29) is 22.6 Å². The summed E-state index contributed by atoms with van der Waals surface area (Å²) >= 11 is 0. The van der Waals surface area contributed by atoms with Gasteiger partial charge in [0.15, 0.2) is 0 Å². The van der Waals surface area contributed by atoms with Crippen LogP contribution < -0.4 is 20.9 Å². The van der Waals surface area contributed by atoms with Gasteiger partial charge in [-0.05, 0) is 18.9 Å². The van der Waals surface area contributed by atoms with E-state index in [0.29, 0.717) is 18.6 Å². The SMILES string of the molecule is COc1cc(F)cc2c(=O)c(C(=O)O)cn(N3CC(N)C4(CC4)C3)c12. The van der Waals surface area contributed by atoms with Crippen molar-refractivity contribution in [2.45, 2.75) is 18.9 Å². The molecule has 2 heterocycles. The van der Waals surface area contributed by atoms with Crippen LogP contribution in [-0.4, -0.2) is 42.0 Å². The van der Waals surface area contributed by atoms with Crippen molar-refractivity contribution < 1.29 is 19.0 Å². The molecule has 1 unspecified atom stereocenters. The molecule has 1 aromatic heterocycles. The van der Waals surface area contributed by atoms with E-state index in [1.807, 2.05) is 5.01 Å². The number of carboxylic acid groups (broad SMARTS) is 1. The fourth-order valence-electron chi connectivity index (χ4n) is 3.72. The van der Waals surface area contributed by atoms with Crippen molar-refractivity contribution in [2.75, 3.05) is 25.2 Å². The molecule has 0 radical (unpaired) electrons. The Morgan fingerprint density at radius 2 is 2.16 bits per heavy atom. The smallest absolute Gasteiger partial charge is 0.341 e. The summed E-state index contributed by atoms with van der Waals surface area (Å²) in [4.78, 5) is 24.0. The molecule has 2 fully saturated rings. The molecule has 1 aromatic carbocycles. The van der Waals surface area contributed by atoms with E-state index in [0.717, 1.165) is 18.9 Å². The van der Waals surface area contributed by atoms with Crippen LogP contribution in [0.2, 0.25) is 0 Å². The van der Waals surface area contributed by atoms with Crippen LogP contribution in [0.3, 0.4) is 0 Å². The number of hydrogen-bond donors (Lipinski definition) is 2. The van der Waals surface area contributed by atoms with Crippen LogP contribution in [-0.2, 0) is 0 Å². The molecule has 1 saturated carbocycles. The lowest BCUT2D eigenvalue weighted by atomic mass is 10.0. The molecule has 4 rings (SSSR count). The quantitative estimate of drug-likeness (QED) is 0.856. The number of nitrogens with two attached hydrogens (primary N) is 1. The first-order valence-electron chi connectivity index (χ1n) is 8.03. The van der Waals surface area contributed by atoms with Gasteiger partial charge in [-0.1, -0.05) is 0 Å². The third kappa shape index (κ3) is 2.28. The van der Waals surface area contributed by atoms with Gasteiger partial charge in [-0.2, -0.15) is 0 Å². The predicted octanol–water partition coefficient (Wildman–Crippen LogP) is 0.907. The summed E-state index contributed by atoms with van der Waals surface area (Å²) in [5.74, 6) is -1.84. The number of aromatic carboxylic acids is 1. The van der Waals surface area contributed by atoms with Gasteiger partial charge >= 0.3 is 5.97 Å². The van der Waals surface area contributed by atoms with Crippen LogP contribution in [0, 0.1) is 11.2 Å². The molecule has 132 valence electrons. The van der Waals surface area contributed by atoms with Crippen molar-refractivity contribution in [1.82, 2.24) is 4.68 Å². The number of carboxylic acids is 1. The molecule has 1 spiro atoms. The Morgan fingerprint density at radius 1 is 1.44 bits per heavy atom. The Hall–Kier alpha value is -2.61. The summed E-state index contributed by atoms with van der Waals surface area (Å²) in [5.41, 5.74) is 5.50. The molecule has 25 heavy (non-hydrogen) atoms. The van der Waals surface area contributed by atoms with Crippen LogP contribution >= 0.6 is 0 Å². The van der Waals surface area contributed by atoms with E-state index in [9.17, 15) is 19.1 Å². The van der Waals surface area contributed by atoms with Crippen molar-refractivity contribution in [3.05, 3.63) is 39.9 Å².